The minimum Gasteiger partial charge on any atom is -0.457 e. The average Bonchev–Trinajstić information content (AvgIpc) is 2.74. The van der Waals surface area contributed by atoms with Crippen molar-refractivity contribution in [2.45, 2.75) is 0 Å². The van der Waals surface area contributed by atoms with Crippen molar-refractivity contribution in [3.8, 4) is 11.5 Å². The number of rotatable bonds is 6. The molecule has 8 heteroatoms. The van der Waals surface area contributed by atoms with Gasteiger partial charge < -0.3 is 15.4 Å². The lowest BCUT2D eigenvalue weighted by Crippen LogP contribution is -2.18. The van der Waals surface area contributed by atoms with Crippen LogP contribution >= 0.6 is 0 Å². The van der Waals surface area contributed by atoms with E-state index in [0.717, 1.165) is 18.2 Å². The minimum atomic E-state index is -0.753. The summed E-state index contributed by atoms with van der Waals surface area (Å²) >= 11 is 0. The summed E-state index contributed by atoms with van der Waals surface area (Å²) < 4.78 is 32.2. The van der Waals surface area contributed by atoms with Crippen LogP contribution in [-0.4, -0.2) is 23.8 Å². The van der Waals surface area contributed by atoms with E-state index in [1.54, 1.807) is 30.3 Å². The van der Waals surface area contributed by atoms with E-state index < -0.39 is 17.5 Å². The van der Waals surface area contributed by atoms with Gasteiger partial charge in [0.1, 0.15) is 28.8 Å². The predicted molar refractivity (Wildman–Crippen MR) is 108 cm³/mol. The molecule has 3 aromatic rings. The summed E-state index contributed by atoms with van der Waals surface area (Å²) in [5, 5.41) is 5.11. The molecular formula is C22H17F2N3O3. The summed E-state index contributed by atoms with van der Waals surface area (Å²) in [6, 6.07) is 12.7. The quantitative estimate of drug-likeness (QED) is 0.599. The summed E-state index contributed by atoms with van der Waals surface area (Å²) in [4.78, 5) is 27.6. The van der Waals surface area contributed by atoms with Crippen LogP contribution in [0, 0.1) is 11.6 Å². The van der Waals surface area contributed by atoms with E-state index in [1.807, 2.05) is 0 Å². The molecule has 6 nitrogen and oxygen atoms in total. The lowest BCUT2D eigenvalue weighted by molar-refractivity contribution is -0.111. The molecule has 0 bridgehead atoms. The van der Waals surface area contributed by atoms with Crippen molar-refractivity contribution in [2.24, 2.45) is 0 Å². The fraction of sp³-hybridized carbons (Fsp3) is 0.0455. The van der Waals surface area contributed by atoms with Gasteiger partial charge in [0, 0.05) is 42.7 Å². The van der Waals surface area contributed by atoms with Gasteiger partial charge in [-0.1, -0.05) is 0 Å². The highest BCUT2D eigenvalue weighted by atomic mass is 19.1. The molecule has 0 saturated carbocycles. The number of hydrogen-bond acceptors (Lipinski definition) is 4. The molecule has 0 aliphatic heterocycles. The second-order valence-electron chi connectivity index (χ2n) is 6.07. The standard InChI is InChI=1S/C22H17F2N3O3/c1-25-22(29)20-13-18(10-11-26-20)30-17-7-5-16(6-8-17)27-21(28)9-3-14-2-4-15(23)12-19(14)24/h2-13H,1H3,(H,25,29)(H,27,28)/b9-3+. The minimum absolute atomic E-state index is 0.101. The Balaban J connectivity index is 1.61. The average molecular weight is 409 g/mol. The molecule has 1 heterocycles. The topological polar surface area (TPSA) is 80.3 Å². The van der Waals surface area contributed by atoms with Crippen molar-refractivity contribution in [2.75, 3.05) is 12.4 Å². The van der Waals surface area contributed by atoms with Crippen LogP contribution in [0.15, 0.2) is 66.9 Å². The number of carbonyl (C=O) groups excluding carboxylic acids is 2. The van der Waals surface area contributed by atoms with Gasteiger partial charge in [-0.25, -0.2) is 8.78 Å². The van der Waals surface area contributed by atoms with Crippen LogP contribution in [0.4, 0.5) is 14.5 Å². The predicted octanol–water partition coefficient (Wildman–Crippen LogP) is 4.16. The first-order valence-electron chi connectivity index (χ1n) is 8.85. The highest BCUT2D eigenvalue weighted by Gasteiger charge is 2.07. The summed E-state index contributed by atoms with van der Waals surface area (Å²) in [5.74, 6) is -1.32. The van der Waals surface area contributed by atoms with E-state index in [2.05, 4.69) is 15.6 Å². The maximum atomic E-state index is 13.6. The third kappa shape index (κ3) is 5.48. The Hall–Kier alpha value is -4.07. The van der Waals surface area contributed by atoms with Gasteiger partial charge in [-0.15, -0.1) is 0 Å². The molecule has 2 N–H and O–H groups in total. The molecule has 0 radical (unpaired) electrons. The molecular weight excluding hydrogens is 392 g/mol. The zero-order valence-corrected chi connectivity index (χ0v) is 15.9. The zero-order chi connectivity index (χ0) is 21.5. The number of anilines is 1. The number of carbonyl (C=O) groups is 2. The molecule has 3 rings (SSSR count). The third-order valence-corrected chi connectivity index (χ3v) is 3.93. The number of halogens is 2. The van der Waals surface area contributed by atoms with Crippen LogP contribution in [0.5, 0.6) is 11.5 Å². The molecule has 0 saturated heterocycles. The fourth-order valence-electron chi connectivity index (χ4n) is 2.46. The number of nitrogens with one attached hydrogen (secondary N) is 2. The molecule has 2 aromatic carbocycles. The molecule has 0 atom stereocenters. The number of aromatic nitrogens is 1. The van der Waals surface area contributed by atoms with Gasteiger partial charge >= 0.3 is 0 Å². The first kappa shape index (κ1) is 20.7. The highest BCUT2D eigenvalue weighted by Crippen LogP contribution is 2.23. The van der Waals surface area contributed by atoms with Crippen LogP contribution in [-0.2, 0) is 4.79 Å². The largest absolute Gasteiger partial charge is 0.457 e. The van der Waals surface area contributed by atoms with Crippen molar-refractivity contribution >= 4 is 23.6 Å². The Bertz CT molecular complexity index is 1100. The highest BCUT2D eigenvalue weighted by molar-refractivity contribution is 6.02. The Labute approximate surface area is 171 Å². The van der Waals surface area contributed by atoms with Crippen molar-refractivity contribution in [1.29, 1.82) is 0 Å². The van der Waals surface area contributed by atoms with E-state index in [1.165, 1.54) is 31.5 Å². The van der Waals surface area contributed by atoms with E-state index in [4.69, 9.17) is 4.74 Å². The number of benzene rings is 2. The molecule has 30 heavy (non-hydrogen) atoms. The van der Waals surface area contributed by atoms with Gasteiger partial charge in [-0.2, -0.15) is 0 Å². The van der Waals surface area contributed by atoms with Gasteiger partial charge in [-0.3, -0.25) is 14.6 Å². The maximum Gasteiger partial charge on any atom is 0.269 e. The SMILES string of the molecule is CNC(=O)c1cc(Oc2ccc(NC(=O)/C=C/c3ccc(F)cc3F)cc2)ccn1. The monoisotopic (exact) mass is 409 g/mol. The van der Waals surface area contributed by atoms with Crippen LogP contribution < -0.4 is 15.4 Å². The molecule has 0 aliphatic rings. The second kappa shape index (κ2) is 9.42. The number of hydrogen-bond donors (Lipinski definition) is 2. The summed E-state index contributed by atoms with van der Waals surface area (Å²) in [6.07, 6.45) is 3.87. The molecule has 152 valence electrons. The van der Waals surface area contributed by atoms with E-state index in [9.17, 15) is 18.4 Å². The van der Waals surface area contributed by atoms with E-state index in [0.29, 0.717) is 17.2 Å². The summed E-state index contributed by atoms with van der Waals surface area (Å²) in [7, 11) is 1.51. The molecule has 0 spiro atoms. The molecule has 0 unspecified atom stereocenters. The lowest BCUT2D eigenvalue weighted by Gasteiger charge is -2.08. The second-order valence-corrected chi connectivity index (χ2v) is 6.07. The van der Waals surface area contributed by atoms with Gasteiger partial charge in [0.15, 0.2) is 0 Å². The van der Waals surface area contributed by atoms with Crippen molar-refractivity contribution < 1.29 is 23.1 Å². The van der Waals surface area contributed by atoms with Crippen LogP contribution in [0.2, 0.25) is 0 Å². The normalized spacial score (nSPS) is 10.6. The van der Waals surface area contributed by atoms with E-state index >= 15 is 0 Å². The number of nitrogens with zero attached hydrogens (tertiary/aromatic N) is 1. The number of pyridine rings is 1. The Kier molecular flexibility index (Phi) is 6.49. The Morgan fingerprint density at radius 2 is 1.77 bits per heavy atom. The van der Waals surface area contributed by atoms with Gasteiger partial charge in [-0.05, 0) is 48.5 Å². The number of ether oxygens (including phenoxy) is 1. The molecule has 1 aromatic heterocycles. The Morgan fingerprint density at radius 1 is 1.00 bits per heavy atom. The third-order valence-electron chi connectivity index (χ3n) is 3.93. The molecule has 2 amide bonds. The van der Waals surface area contributed by atoms with Gasteiger partial charge in [0.05, 0.1) is 0 Å². The molecule has 0 fully saturated rings. The summed E-state index contributed by atoms with van der Waals surface area (Å²) in [6.45, 7) is 0. The first-order valence-corrected chi connectivity index (χ1v) is 8.85. The zero-order valence-electron chi connectivity index (χ0n) is 15.9. The first-order chi connectivity index (χ1) is 14.4. The van der Waals surface area contributed by atoms with E-state index in [-0.39, 0.29) is 17.2 Å². The Morgan fingerprint density at radius 3 is 2.47 bits per heavy atom. The lowest BCUT2D eigenvalue weighted by atomic mass is 10.2. The fourth-order valence-corrected chi connectivity index (χ4v) is 2.46. The summed E-state index contributed by atoms with van der Waals surface area (Å²) in [5.41, 5.74) is 0.824. The molecule has 0 aliphatic carbocycles. The smallest absolute Gasteiger partial charge is 0.269 e. The van der Waals surface area contributed by atoms with Crippen LogP contribution in [0.3, 0.4) is 0 Å². The van der Waals surface area contributed by atoms with Gasteiger partial charge in [0.25, 0.3) is 5.91 Å². The van der Waals surface area contributed by atoms with Crippen molar-refractivity contribution in [3.63, 3.8) is 0 Å². The van der Waals surface area contributed by atoms with Gasteiger partial charge in [0.2, 0.25) is 5.91 Å². The maximum absolute atomic E-state index is 13.6. The van der Waals surface area contributed by atoms with Crippen molar-refractivity contribution in [1.82, 2.24) is 10.3 Å². The van der Waals surface area contributed by atoms with Crippen LogP contribution in [0.25, 0.3) is 6.08 Å². The number of amides is 2. The van der Waals surface area contributed by atoms with Crippen LogP contribution in [0.1, 0.15) is 16.1 Å². The van der Waals surface area contributed by atoms with Crippen molar-refractivity contribution in [3.05, 3.63) is 89.8 Å².